The summed E-state index contributed by atoms with van der Waals surface area (Å²) in [6, 6.07) is 5.45. The maximum atomic E-state index is 11.3. The topological polar surface area (TPSA) is 51.3 Å². The quantitative estimate of drug-likeness (QED) is 0.863. The molecule has 84 valence electrons. The zero-order valence-corrected chi connectivity index (χ0v) is 10.4. The number of carbonyl (C=O) groups excluding carboxylic acids is 1. The van der Waals surface area contributed by atoms with Crippen molar-refractivity contribution in [2.24, 2.45) is 0 Å². The largest absolute Gasteiger partial charge is 0.495 e. The summed E-state index contributed by atoms with van der Waals surface area (Å²) >= 11 is 3.39. The van der Waals surface area contributed by atoms with Crippen LogP contribution in [0, 0.1) is 0 Å². The molecule has 0 unspecified atom stereocenters. The highest BCUT2D eigenvalue weighted by molar-refractivity contribution is 9.10. The normalized spacial score (nSPS) is 10.4. The van der Waals surface area contributed by atoms with E-state index >= 15 is 0 Å². The van der Waals surface area contributed by atoms with Gasteiger partial charge in [-0.25, -0.2) is 4.79 Å². The lowest BCUT2D eigenvalue weighted by molar-refractivity contribution is 0.0595. The summed E-state index contributed by atoms with van der Waals surface area (Å²) in [5.74, 6) is 0.331. The molecule has 0 amide bonds. The fourth-order valence-corrected chi connectivity index (χ4v) is 2.03. The van der Waals surface area contributed by atoms with Gasteiger partial charge in [0.05, 0.1) is 18.7 Å². The number of hydrogen-bond donors (Lipinski definition) is 1. The van der Waals surface area contributed by atoms with Crippen LogP contribution in [0.15, 0.2) is 22.7 Å². The average molecular weight is 284 g/mol. The molecule has 1 aromatic heterocycles. The fourth-order valence-electron chi connectivity index (χ4n) is 1.51. The molecule has 16 heavy (non-hydrogen) atoms. The smallest absolute Gasteiger partial charge is 0.354 e. The fraction of sp³-hybridized carbons (Fsp3) is 0.182. The first-order valence-electron chi connectivity index (χ1n) is 4.60. The van der Waals surface area contributed by atoms with Gasteiger partial charge in [-0.15, -0.1) is 0 Å². The molecule has 4 nitrogen and oxygen atoms in total. The van der Waals surface area contributed by atoms with Crippen LogP contribution >= 0.6 is 15.9 Å². The van der Waals surface area contributed by atoms with Crippen LogP contribution in [0.1, 0.15) is 10.5 Å². The van der Waals surface area contributed by atoms with E-state index < -0.39 is 0 Å². The molecule has 5 heteroatoms. The number of nitrogens with one attached hydrogen (secondary N) is 1. The molecule has 0 aliphatic rings. The lowest BCUT2D eigenvalue weighted by Crippen LogP contribution is -2.00. The van der Waals surface area contributed by atoms with E-state index in [1.807, 2.05) is 12.1 Å². The third kappa shape index (κ3) is 1.78. The van der Waals surface area contributed by atoms with Gasteiger partial charge in [-0.1, -0.05) is 0 Å². The van der Waals surface area contributed by atoms with Crippen molar-refractivity contribution in [2.75, 3.05) is 14.2 Å². The predicted molar refractivity (Wildman–Crippen MR) is 63.9 cm³/mol. The van der Waals surface area contributed by atoms with Gasteiger partial charge in [-0.3, -0.25) is 0 Å². The van der Waals surface area contributed by atoms with Crippen LogP contribution in [0.2, 0.25) is 0 Å². The van der Waals surface area contributed by atoms with E-state index in [4.69, 9.17) is 4.74 Å². The minimum Gasteiger partial charge on any atom is -0.495 e. The maximum absolute atomic E-state index is 11.3. The molecule has 0 radical (unpaired) electrons. The van der Waals surface area contributed by atoms with Gasteiger partial charge in [0.2, 0.25) is 0 Å². The van der Waals surface area contributed by atoms with Gasteiger partial charge < -0.3 is 14.5 Å². The lowest BCUT2D eigenvalue weighted by atomic mass is 10.2. The highest BCUT2D eigenvalue weighted by Crippen LogP contribution is 2.30. The highest BCUT2D eigenvalue weighted by Gasteiger charge is 2.11. The van der Waals surface area contributed by atoms with Crippen LogP contribution in [0.5, 0.6) is 5.75 Å². The van der Waals surface area contributed by atoms with E-state index in [1.165, 1.54) is 7.11 Å². The first kappa shape index (κ1) is 11.0. The van der Waals surface area contributed by atoms with Crippen LogP contribution in [0.25, 0.3) is 10.9 Å². The third-order valence-corrected chi connectivity index (χ3v) is 2.92. The maximum Gasteiger partial charge on any atom is 0.354 e. The molecular weight excluding hydrogens is 274 g/mol. The Morgan fingerprint density at radius 2 is 2.06 bits per heavy atom. The minimum atomic E-state index is -0.383. The Morgan fingerprint density at radius 1 is 1.31 bits per heavy atom. The van der Waals surface area contributed by atoms with E-state index in [9.17, 15) is 4.79 Å². The standard InChI is InChI=1S/C11H10BrNO3/c1-15-10-5-8-6(3-7(10)12)4-9(13-8)11(14)16-2/h3-5,13H,1-2H3. The van der Waals surface area contributed by atoms with Gasteiger partial charge in [-0.05, 0) is 28.1 Å². The number of rotatable bonds is 2. The van der Waals surface area contributed by atoms with Crippen LogP contribution in [-0.4, -0.2) is 25.2 Å². The zero-order chi connectivity index (χ0) is 11.7. The summed E-state index contributed by atoms with van der Waals surface area (Å²) in [5, 5.41) is 0.924. The number of aromatic nitrogens is 1. The second-order valence-electron chi connectivity index (χ2n) is 3.25. The van der Waals surface area contributed by atoms with Gasteiger partial charge >= 0.3 is 5.97 Å². The summed E-state index contributed by atoms with van der Waals surface area (Å²) in [5.41, 5.74) is 1.26. The van der Waals surface area contributed by atoms with Crippen LogP contribution in [0.3, 0.4) is 0 Å². The lowest BCUT2D eigenvalue weighted by Gasteiger charge is -2.02. The molecule has 1 N–H and O–H groups in total. The first-order valence-corrected chi connectivity index (χ1v) is 5.39. The number of benzene rings is 1. The van der Waals surface area contributed by atoms with Crippen LogP contribution < -0.4 is 4.74 Å². The average Bonchev–Trinajstić information content (AvgIpc) is 2.69. The third-order valence-electron chi connectivity index (χ3n) is 2.30. The van der Waals surface area contributed by atoms with Crippen molar-refractivity contribution in [1.29, 1.82) is 0 Å². The number of aromatic amines is 1. The van der Waals surface area contributed by atoms with E-state index in [0.29, 0.717) is 11.4 Å². The number of fused-ring (bicyclic) bond motifs is 1. The molecule has 0 aliphatic heterocycles. The van der Waals surface area contributed by atoms with E-state index in [-0.39, 0.29) is 5.97 Å². The number of ether oxygens (including phenoxy) is 2. The number of H-pyrrole nitrogens is 1. The van der Waals surface area contributed by atoms with Gasteiger partial charge in [-0.2, -0.15) is 0 Å². The van der Waals surface area contributed by atoms with Crippen molar-refractivity contribution in [3.63, 3.8) is 0 Å². The molecule has 1 aromatic carbocycles. The van der Waals surface area contributed by atoms with E-state index in [1.54, 1.807) is 13.2 Å². The molecule has 0 fully saturated rings. The molecular formula is C11H10BrNO3. The molecule has 1 heterocycles. The van der Waals surface area contributed by atoms with E-state index in [2.05, 4.69) is 25.7 Å². The molecule has 0 bridgehead atoms. The summed E-state index contributed by atoms with van der Waals surface area (Å²) in [4.78, 5) is 14.3. The van der Waals surface area contributed by atoms with Crippen molar-refractivity contribution >= 4 is 32.8 Å². The predicted octanol–water partition coefficient (Wildman–Crippen LogP) is 2.73. The Balaban J connectivity index is 2.58. The van der Waals surface area contributed by atoms with Gasteiger partial charge in [0.15, 0.2) is 0 Å². The summed E-state index contributed by atoms with van der Waals surface area (Å²) in [6.07, 6.45) is 0. The van der Waals surface area contributed by atoms with Crippen LogP contribution in [0.4, 0.5) is 0 Å². The zero-order valence-electron chi connectivity index (χ0n) is 8.83. The van der Waals surface area contributed by atoms with Gasteiger partial charge in [0.1, 0.15) is 11.4 Å². The minimum absolute atomic E-state index is 0.383. The Kier molecular flexibility index (Phi) is 2.87. The summed E-state index contributed by atoms with van der Waals surface area (Å²) in [7, 11) is 2.94. The Labute approximate surface area is 101 Å². The van der Waals surface area contributed by atoms with Crippen LogP contribution in [-0.2, 0) is 4.74 Å². The molecule has 0 atom stereocenters. The molecule has 0 aliphatic carbocycles. The van der Waals surface area contributed by atoms with Gasteiger partial charge in [0, 0.05) is 17.0 Å². The second-order valence-corrected chi connectivity index (χ2v) is 4.10. The molecule has 0 spiro atoms. The van der Waals surface area contributed by atoms with Crippen molar-refractivity contribution in [3.8, 4) is 5.75 Å². The Bertz CT molecular complexity index is 547. The molecule has 0 saturated heterocycles. The van der Waals surface area contributed by atoms with Gasteiger partial charge in [0.25, 0.3) is 0 Å². The summed E-state index contributed by atoms with van der Waals surface area (Å²) < 4.78 is 10.7. The number of methoxy groups -OCH3 is 2. The molecule has 2 rings (SSSR count). The first-order chi connectivity index (χ1) is 7.65. The van der Waals surface area contributed by atoms with E-state index in [0.717, 1.165) is 15.4 Å². The summed E-state index contributed by atoms with van der Waals surface area (Å²) in [6.45, 7) is 0. The Hall–Kier alpha value is -1.49. The molecule has 0 saturated carbocycles. The number of esters is 1. The van der Waals surface area contributed by atoms with Crippen molar-refractivity contribution in [2.45, 2.75) is 0 Å². The number of halogens is 1. The number of hydrogen-bond acceptors (Lipinski definition) is 3. The van der Waals surface area contributed by atoms with Crippen molar-refractivity contribution in [3.05, 3.63) is 28.4 Å². The second kappa shape index (κ2) is 4.17. The highest BCUT2D eigenvalue weighted by atomic mass is 79.9. The Morgan fingerprint density at radius 3 is 2.69 bits per heavy atom. The number of carbonyl (C=O) groups is 1. The van der Waals surface area contributed by atoms with Crippen molar-refractivity contribution < 1.29 is 14.3 Å². The SMILES string of the molecule is COC(=O)c1cc2cc(Br)c(OC)cc2[nH]1. The van der Waals surface area contributed by atoms with Crippen molar-refractivity contribution in [1.82, 2.24) is 4.98 Å². The molecule has 2 aromatic rings. The monoisotopic (exact) mass is 283 g/mol.